The highest BCUT2D eigenvalue weighted by Gasteiger charge is 2.23. The quantitative estimate of drug-likeness (QED) is 0.842. The Morgan fingerprint density at radius 1 is 1.22 bits per heavy atom. The molecule has 148 valence electrons. The van der Waals surface area contributed by atoms with E-state index in [2.05, 4.69) is 44.8 Å². The second-order valence-corrected chi connectivity index (χ2v) is 7.67. The molecule has 1 saturated heterocycles. The molecule has 2 aromatic rings. The molecule has 1 aliphatic rings. The third kappa shape index (κ3) is 4.78. The highest BCUT2D eigenvalue weighted by atomic mass is 16.2. The van der Waals surface area contributed by atoms with E-state index in [0.717, 1.165) is 56.1 Å². The zero-order valence-electron chi connectivity index (χ0n) is 17.0. The number of aromatic nitrogens is 2. The average molecular weight is 373 g/mol. The molecule has 0 spiro atoms. The zero-order chi connectivity index (χ0) is 19.4. The summed E-state index contributed by atoms with van der Waals surface area (Å²) in [6.07, 6.45) is 1.17. The topological polar surface area (TPSA) is 56.6 Å². The van der Waals surface area contributed by atoms with E-state index in [1.165, 1.54) is 6.42 Å². The molecule has 1 fully saturated rings. The molecule has 0 radical (unpaired) electrons. The van der Waals surface area contributed by atoms with Crippen molar-refractivity contribution in [2.24, 2.45) is 7.05 Å². The normalized spacial score (nSPS) is 16.9. The van der Waals surface area contributed by atoms with Crippen LogP contribution in [0, 0.1) is 0 Å². The van der Waals surface area contributed by atoms with Crippen LogP contribution in [0.15, 0.2) is 24.3 Å². The Kier molecular flexibility index (Phi) is 6.34. The summed E-state index contributed by atoms with van der Waals surface area (Å²) in [5, 5.41) is 3.12. The smallest absolute Gasteiger partial charge is 0.318 e. The number of piperazine rings is 1. The van der Waals surface area contributed by atoms with Gasteiger partial charge in [-0.05, 0) is 52.7 Å². The van der Waals surface area contributed by atoms with Crippen LogP contribution in [0.5, 0.6) is 0 Å². The molecule has 1 N–H and O–H groups in total. The second-order valence-electron chi connectivity index (χ2n) is 7.67. The standard InChI is InChI=1S/C20H32N6O/c1-16(19-22-17-8-5-6-9-18(17)24(19)4)21-20(27)26-14-12-25(13-15-26)11-7-10-23(2)3/h5-6,8-9,16H,7,10-15H2,1-4H3,(H,21,27)/t16-/m1/s1. The van der Waals surface area contributed by atoms with Crippen molar-refractivity contribution in [3.05, 3.63) is 30.1 Å². The summed E-state index contributed by atoms with van der Waals surface area (Å²) in [6.45, 7) is 7.66. The number of fused-ring (bicyclic) bond motifs is 1. The molecular formula is C20H32N6O. The van der Waals surface area contributed by atoms with Gasteiger partial charge < -0.3 is 19.7 Å². The first-order valence-electron chi connectivity index (χ1n) is 9.79. The predicted molar refractivity (Wildman–Crippen MR) is 109 cm³/mol. The fraction of sp³-hybridized carbons (Fsp3) is 0.600. The molecule has 1 aliphatic heterocycles. The summed E-state index contributed by atoms with van der Waals surface area (Å²) in [6, 6.07) is 7.92. The van der Waals surface area contributed by atoms with Gasteiger partial charge in [-0.25, -0.2) is 9.78 Å². The summed E-state index contributed by atoms with van der Waals surface area (Å²) in [7, 11) is 6.21. The maximum Gasteiger partial charge on any atom is 0.318 e. The van der Waals surface area contributed by atoms with Crippen LogP contribution in [-0.4, -0.2) is 83.6 Å². The van der Waals surface area contributed by atoms with Crippen molar-refractivity contribution in [2.75, 3.05) is 53.4 Å². The van der Waals surface area contributed by atoms with Crippen LogP contribution < -0.4 is 5.32 Å². The van der Waals surface area contributed by atoms with Crippen molar-refractivity contribution in [2.45, 2.75) is 19.4 Å². The summed E-state index contributed by atoms with van der Waals surface area (Å²) in [5.41, 5.74) is 2.04. The SMILES string of the molecule is C[C@@H](NC(=O)N1CCN(CCCN(C)C)CC1)c1nc2ccccc2n1C. The number of hydrogen-bond acceptors (Lipinski definition) is 4. The monoisotopic (exact) mass is 372 g/mol. The Morgan fingerprint density at radius 3 is 2.59 bits per heavy atom. The molecule has 2 heterocycles. The fourth-order valence-electron chi connectivity index (χ4n) is 3.68. The van der Waals surface area contributed by atoms with Gasteiger partial charge in [0, 0.05) is 33.2 Å². The minimum atomic E-state index is -0.131. The average Bonchev–Trinajstić information content (AvgIpc) is 2.99. The first-order valence-corrected chi connectivity index (χ1v) is 9.79. The van der Waals surface area contributed by atoms with Crippen molar-refractivity contribution in [1.82, 2.24) is 29.6 Å². The highest BCUT2D eigenvalue weighted by molar-refractivity contribution is 5.77. The highest BCUT2D eigenvalue weighted by Crippen LogP contribution is 2.19. The lowest BCUT2D eigenvalue weighted by Gasteiger charge is -2.35. The first kappa shape index (κ1) is 19.6. The van der Waals surface area contributed by atoms with Crippen molar-refractivity contribution >= 4 is 17.1 Å². The van der Waals surface area contributed by atoms with Crippen LogP contribution >= 0.6 is 0 Å². The number of urea groups is 1. The third-order valence-corrected chi connectivity index (χ3v) is 5.29. The number of benzene rings is 1. The van der Waals surface area contributed by atoms with Crippen molar-refractivity contribution in [1.29, 1.82) is 0 Å². The van der Waals surface area contributed by atoms with Crippen LogP contribution in [0.1, 0.15) is 25.2 Å². The van der Waals surface area contributed by atoms with Gasteiger partial charge in [-0.2, -0.15) is 0 Å². The van der Waals surface area contributed by atoms with E-state index in [1.54, 1.807) is 0 Å². The number of carbonyl (C=O) groups excluding carboxylic acids is 1. The van der Waals surface area contributed by atoms with E-state index in [9.17, 15) is 4.79 Å². The lowest BCUT2D eigenvalue weighted by Crippen LogP contribution is -2.52. The summed E-state index contributed by atoms with van der Waals surface area (Å²) in [5.74, 6) is 0.881. The molecule has 3 rings (SSSR count). The van der Waals surface area contributed by atoms with Gasteiger partial charge in [-0.3, -0.25) is 4.90 Å². The van der Waals surface area contributed by atoms with Crippen LogP contribution in [0.2, 0.25) is 0 Å². The molecule has 2 amide bonds. The lowest BCUT2D eigenvalue weighted by molar-refractivity contribution is 0.134. The Bertz CT molecular complexity index is 763. The Morgan fingerprint density at radius 2 is 1.93 bits per heavy atom. The number of aryl methyl sites for hydroxylation is 1. The summed E-state index contributed by atoms with van der Waals surface area (Å²) >= 11 is 0. The van der Waals surface area contributed by atoms with Gasteiger partial charge in [0.2, 0.25) is 0 Å². The third-order valence-electron chi connectivity index (χ3n) is 5.29. The Labute approximate surface area is 161 Å². The zero-order valence-corrected chi connectivity index (χ0v) is 17.0. The van der Waals surface area contributed by atoms with E-state index in [-0.39, 0.29) is 12.1 Å². The minimum Gasteiger partial charge on any atom is -0.329 e. The number of amides is 2. The molecule has 0 aliphatic carbocycles. The predicted octanol–water partition coefficient (Wildman–Crippen LogP) is 1.91. The van der Waals surface area contributed by atoms with Crippen LogP contribution in [-0.2, 0) is 7.05 Å². The van der Waals surface area contributed by atoms with Gasteiger partial charge >= 0.3 is 6.03 Å². The fourth-order valence-corrected chi connectivity index (χ4v) is 3.68. The van der Waals surface area contributed by atoms with Crippen molar-refractivity contribution in [3.63, 3.8) is 0 Å². The number of hydrogen-bond donors (Lipinski definition) is 1. The molecule has 0 saturated carbocycles. The van der Waals surface area contributed by atoms with E-state index in [4.69, 9.17) is 0 Å². The Balaban J connectivity index is 1.51. The number of rotatable bonds is 6. The van der Waals surface area contributed by atoms with Crippen molar-refractivity contribution in [3.8, 4) is 0 Å². The van der Waals surface area contributed by atoms with Crippen LogP contribution in [0.3, 0.4) is 0 Å². The van der Waals surface area contributed by atoms with Crippen LogP contribution in [0.25, 0.3) is 11.0 Å². The van der Waals surface area contributed by atoms with Gasteiger partial charge in [0.05, 0.1) is 17.1 Å². The summed E-state index contributed by atoms with van der Waals surface area (Å²) in [4.78, 5) is 23.9. The second kappa shape index (κ2) is 8.71. The molecule has 1 atom stereocenters. The number of nitrogens with one attached hydrogen (secondary N) is 1. The minimum absolute atomic E-state index is 0.00231. The molecule has 7 heteroatoms. The molecule has 27 heavy (non-hydrogen) atoms. The molecule has 1 aromatic heterocycles. The maximum atomic E-state index is 12.7. The first-order chi connectivity index (χ1) is 13.0. The van der Waals surface area contributed by atoms with Gasteiger partial charge in [0.15, 0.2) is 0 Å². The lowest BCUT2D eigenvalue weighted by atomic mass is 10.3. The van der Waals surface area contributed by atoms with Crippen LogP contribution in [0.4, 0.5) is 4.79 Å². The van der Waals surface area contributed by atoms with E-state index >= 15 is 0 Å². The number of carbonyl (C=O) groups is 1. The number of imidazole rings is 1. The van der Waals surface area contributed by atoms with E-state index in [1.807, 2.05) is 37.1 Å². The van der Waals surface area contributed by atoms with Crippen molar-refractivity contribution < 1.29 is 4.79 Å². The number of para-hydroxylation sites is 2. The molecular weight excluding hydrogens is 340 g/mol. The van der Waals surface area contributed by atoms with Gasteiger partial charge in [0.1, 0.15) is 5.82 Å². The number of nitrogens with zero attached hydrogens (tertiary/aromatic N) is 5. The van der Waals surface area contributed by atoms with E-state index in [0.29, 0.717) is 0 Å². The maximum absolute atomic E-state index is 12.7. The van der Waals surface area contributed by atoms with E-state index < -0.39 is 0 Å². The molecule has 7 nitrogen and oxygen atoms in total. The molecule has 1 aromatic carbocycles. The molecule has 0 bridgehead atoms. The summed E-state index contributed by atoms with van der Waals surface area (Å²) < 4.78 is 2.06. The largest absolute Gasteiger partial charge is 0.329 e. The van der Waals surface area contributed by atoms with Gasteiger partial charge in [-0.15, -0.1) is 0 Å². The van der Waals surface area contributed by atoms with Gasteiger partial charge in [-0.1, -0.05) is 12.1 Å². The van der Waals surface area contributed by atoms with Gasteiger partial charge in [0.25, 0.3) is 0 Å². The Hall–Kier alpha value is -2.12. The molecule has 0 unspecified atom stereocenters.